The second-order valence-electron chi connectivity index (χ2n) is 7.85. The number of benzene rings is 1. The second kappa shape index (κ2) is 8.14. The van der Waals surface area contributed by atoms with E-state index in [1.807, 2.05) is 29.2 Å². The normalized spacial score (nSPS) is 18.9. The molecular formula is C23H23FN4OS. The highest BCUT2D eigenvalue weighted by molar-refractivity contribution is 7.15. The third-order valence-corrected chi connectivity index (χ3v) is 7.01. The highest BCUT2D eigenvalue weighted by Crippen LogP contribution is 2.34. The molecule has 2 aliphatic rings. The monoisotopic (exact) mass is 422 g/mol. The Morgan fingerprint density at radius 2 is 2.00 bits per heavy atom. The van der Waals surface area contributed by atoms with E-state index in [-0.39, 0.29) is 17.6 Å². The summed E-state index contributed by atoms with van der Waals surface area (Å²) in [7, 11) is 0. The lowest BCUT2D eigenvalue weighted by atomic mass is 9.95. The van der Waals surface area contributed by atoms with Crippen molar-refractivity contribution < 1.29 is 9.18 Å². The summed E-state index contributed by atoms with van der Waals surface area (Å²) < 4.78 is 14.2. The van der Waals surface area contributed by atoms with Crippen LogP contribution in [0.5, 0.6) is 0 Å². The number of pyridine rings is 1. The number of halogens is 1. The number of nitrogens with zero attached hydrogens (tertiary/aromatic N) is 4. The Morgan fingerprint density at radius 3 is 2.83 bits per heavy atom. The van der Waals surface area contributed by atoms with Crippen LogP contribution in [0.25, 0.3) is 10.6 Å². The molecule has 0 N–H and O–H groups in total. The van der Waals surface area contributed by atoms with Crippen LogP contribution in [0.1, 0.15) is 23.4 Å². The van der Waals surface area contributed by atoms with Crippen LogP contribution in [0.15, 0.2) is 48.7 Å². The van der Waals surface area contributed by atoms with Crippen molar-refractivity contribution in [3.63, 3.8) is 0 Å². The zero-order valence-corrected chi connectivity index (χ0v) is 17.4. The number of piperidine rings is 1. The number of carbonyl (C=O) groups is 1. The first-order chi connectivity index (χ1) is 14.7. The van der Waals surface area contributed by atoms with E-state index in [1.54, 1.807) is 18.3 Å². The van der Waals surface area contributed by atoms with E-state index in [0.29, 0.717) is 30.2 Å². The van der Waals surface area contributed by atoms with Gasteiger partial charge in [0, 0.05) is 42.7 Å². The number of anilines is 1. The number of amides is 1. The van der Waals surface area contributed by atoms with Crippen LogP contribution in [0.3, 0.4) is 0 Å². The average Bonchev–Trinajstić information content (AvgIpc) is 3.22. The van der Waals surface area contributed by atoms with Crippen molar-refractivity contribution in [2.75, 3.05) is 24.5 Å². The van der Waals surface area contributed by atoms with Gasteiger partial charge in [0.2, 0.25) is 5.91 Å². The van der Waals surface area contributed by atoms with Crippen LogP contribution in [0, 0.1) is 11.7 Å². The standard InChI is InChI=1S/C23H23FN4OS/c24-18-8-2-1-7-17(18)22-26-19-10-13-28(15-20(19)30-22)23(29)16-6-5-12-27(14-16)21-9-3-4-11-25-21/h1-4,7-9,11,16H,5-6,10,12-15H2/t16-/m1/s1. The molecule has 5 nitrogen and oxygen atoms in total. The first kappa shape index (κ1) is 19.2. The molecule has 2 aromatic heterocycles. The van der Waals surface area contributed by atoms with Gasteiger partial charge in [-0.25, -0.2) is 14.4 Å². The minimum Gasteiger partial charge on any atom is -0.356 e. The van der Waals surface area contributed by atoms with Gasteiger partial charge in [-0.3, -0.25) is 4.79 Å². The van der Waals surface area contributed by atoms with Crippen molar-refractivity contribution in [3.8, 4) is 10.6 Å². The Bertz CT molecular complexity index is 1050. The maximum absolute atomic E-state index is 14.2. The van der Waals surface area contributed by atoms with Crippen LogP contribution in [0.4, 0.5) is 10.2 Å². The van der Waals surface area contributed by atoms with Crippen LogP contribution < -0.4 is 4.90 Å². The Morgan fingerprint density at radius 1 is 1.13 bits per heavy atom. The summed E-state index contributed by atoms with van der Waals surface area (Å²) in [5, 5.41) is 0.700. The van der Waals surface area contributed by atoms with E-state index in [9.17, 15) is 9.18 Å². The van der Waals surface area contributed by atoms with E-state index in [2.05, 4.69) is 14.9 Å². The molecule has 2 aliphatic heterocycles. The van der Waals surface area contributed by atoms with Gasteiger partial charge < -0.3 is 9.80 Å². The van der Waals surface area contributed by atoms with Crippen molar-refractivity contribution in [3.05, 3.63) is 65.0 Å². The highest BCUT2D eigenvalue weighted by Gasteiger charge is 2.32. The van der Waals surface area contributed by atoms with Crippen molar-refractivity contribution in [2.45, 2.75) is 25.8 Å². The summed E-state index contributed by atoms with van der Waals surface area (Å²) in [6, 6.07) is 12.6. The smallest absolute Gasteiger partial charge is 0.227 e. The Hall–Kier alpha value is -2.80. The van der Waals surface area contributed by atoms with E-state index >= 15 is 0 Å². The van der Waals surface area contributed by atoms with E-state index in [4.69, 9.17) is 0 Å². The summed E-state index contributed by atoms with van der Waals surface area (Å²) in [5.74, 6) is 0.879. The van der Waals surface area contributed by atoms with Gasteiger partial charge in [-0.05, 0) is 37.1 Å². The molecule has 0 aliphatic carbocycles. The molecule has 1 aromatic carbocycles. The zero-order chi connectivity index (χ0) is 20.5. The fourth-order valence-corrected chi connectivity index (χ4v) is 5.47. The molecule has 0 bridgehead atoms. The van der Waals surface area contributed by atoms with E-state index in [1.165, 1.54) is 17.4 Å². The lowest BCUT2D eigenvalue weighted by Crippen LogP contribution is -2.46. The lowest BCUT2D eigenvalue weighted by Gasteiger charge is -2.36. The third kappa shape index (κ3) is 3.69. The minimum atomic E-state index is -0.256. The van der Waals surface area contributed by atoms with Crippen molar-refractivity contribution in [1.29, 1.82) is 0 Å². The van der Waals surface area contributed by atoms with E-state index in [0.717, 1.165) is 42.2 Å². The van der Waals surface area contributed by atoms with Gasteiger partial charge in [0.1, 0.15) is 16.6 Å². The number of fused-ring (bicyclic) bond motifs is 1. The molecule has 0 unspecified atom stereocenters. The molecule has 3 aromatic rings. The molecule has 1 amide bonds. The zero-order valence-electron chi connectivity index (χ0n) is 16.6. The largest absolute Gasteiger partial charge is 0.356 e. The highest BCUT2D eigenvalue weighted by atomic mass is 32.1. The maximum Gasteiger partial charge on any atom is 0.227 e. The Kier molecular flexibility index (Phi) is 5.21. The van der Waals surface area contributed by atoms with Crippen molar-refractivity contribution >= 4 is 23.1 Å². The summed E-state index contributed by atoms with van der Waals surface area (Å²) in [6.07, 6.45) is 4.42. The topological polar surface area (TPSA) is 49.3 Å². The Balaban J connectivity index is 1.30. The third-order valence-electron chi connectivity index (χ3n) is 5.89. The number of carbonyl (C=O) groups excluding carboxylic acids is 1. The molecule has 7 heteroatoms. The van der Waals surface area contributed by atoms with Crippen LogP contribution >= 0.6 is 11.3 Å². The quantitative estimate of drug-likeness (QED) is 0.636. The van der Waals surface area contributed by atoms with Crippen LogP contribution in [0.2, 0.25) is 0 Å². The fourth-order valence-electron chi connectivity index (χ4n) is 4.32. The average molecular weight is 423 g/mol. The lowest BCUT2D eigenvalue weighted by molar-refractivity contribution is -0.136. The predicted molar refractivity (Wildman–Crippen MR) is 116 cm³/mol. The molecule has 1 atom stereocenters. The molecule has 0 radical (unpaired) electrons. The summed E-state index contributed by atoms with van der Waals surface area (Å²) in [5.41, 5.74) is 1.54. The Labute approximate surface area is 179 Å². The van der Waals surface area contributed by atoms with Crippen molar-refractivity contribution in [2.24, 2.45) is 5.92 Å². The molecule has 154 valence electrons. The summed E-state index contributed by atoms with van der Waals surface area (Å²) in [4.78, 5) is 27.6. The summed E-state index contributed by atoms with van der Waals surface area (Å²) in [6.45, 7) is 2.89. The van der Waals surface area contributed by atoms with Gasteiger partial charge in [0.05, 0.1) is 18.2 Å². The van der Waals surface area contributed by atoms with Crippen LogP contribution in [-0.4, -0.2) is 40.4 Å². The van der Waals surface area contributed by atoms with Crippen LogP contribution in [-0.2, 0) is 17.8 Å². The van der Waals surface area contributed by atoms with Gasteiger partial charge in [-0.2, -0.15) is 0 Å². The number of aromatic nitrogens is 2. The first-order valence-electron chi connectivity index (χ1n) is 10.4. The molecule has 0 spiro atoms. The van der Waals surface area contributed by atoms with Crippen molar-refractivity contribution in [1.82, 2.24) is 14.9 Å². The number of hydrogen-bond donors (Lipinski definition) is 0. The minimum absolute atomic E-state index is 0.0127. The van der Waals surface area contributed by atoms with Gasteiger partial charge in [0.15, 0.2) is 0 Å². The SMILES string of the molecule is O=C([C@@H]1CCCN(c2ccccn2)C1)N1CCc2nc(-c3ccccc3F)sc2C1. The molecule has 5 rings (SSSR count). The second-order valence-corrected chi connectivity index (χ2v) is 8.94. The number of rotatable bonds is 3. The number of hydrogen-bond acceptors (Lipinski definition) is 5. The fraction of sp³-hybridized carbons (Fsp3) is 0.348. The molecule has 1 saturated heterocycles. The van der Waals surface area contributed by atoms with Gasteiger partial charge in [-0.15, -0.1) is 11.3 Å². The molecule has 4 heterocycles. The summed E-state index contributed by atoms with van der Waals surface area (Å²) >= 11 is 1.50. The number of thiazole rings is 1. The van der Waals surface area contributed by atoms with Gasteiger partial charge in [-0.1, -0.05) is 18.2 Å². The molecule has 1 fully saturated rings. The molecular weight excluding hydrogens is 399 g/mol. The predicted octanol–water partition coefficient (Wildman–Crippen LogP) is 4.15. The van der Waals surface area contributed by atoms with Gasteiger partial charge in [0.25, 0.3) is 0 Å². The molecule has 30 heavy (non-hydrogen) atoms. The first-order valence-corrected chi connectivity index (χ1v) is 11.2. The van der Waals surface area contributed by atoms with E-state index < -0.39 is 0 Å². The maximum atomic E-state index is 14.2. The van der Waals surface area contributed by atoms with Gasteiger partial charge >= 0.3 is 0 Å². The molecule has 0 saturated carbocycles.